The minimum absolute atomic E-state index is 0.138. The van der Waals surface area contributed by atoms with Gasteiger partial charge in [0.1, 0.15) is 0 Å². The van der Waals surface area contributed by atoms with Crippen LogP contribution in [-0.4, -0.2) is 48.6 Å². The molecular weight excluding hydrogens is 246 g/mol. The van der Waals surface area contributed by atoms with E-state index in [9.17, 15) is 0 Å². The molecule has 2 rings (SSSR count). The summed E-state index contributed by atoms with van der Waals surface area (Å²) in [5, 5.41) is 0. The predicted octanol–water partition coefficient (Wildman–Crippen LogP) is 2.35. The molecule has 3 nitrogen and oxygen atoms in total. The largest absolute Gasteiger partial charge is 0.324 e. The van der Waals surface area contributed by atoms with Crippen LogP contribution in [0.5, 0.6) is 0 Å². The second-order valence-corrected chi connectivity index (χ2v) is 6.34. The Kier molecular flexibility index (Phi) is 5.58. The molecule has 0 unspecified atom stereocenters. The average Bonchev–Trinajstić information content (AvgIpc) is 2.48. The summed E-state index contributed by atoms with van der Waals surface area (Å²) in [4.78, 5) is 5.12. The third-order valence-corrected chi connectivity index (χ3v) is 4.48. The smallest absolute Gasteiger partial charge is 0.0333 e. The summed E-state index contributed by atoms with van der Waals surface area (Å²) in [5.41, 5.74) is 7.64. The Morgan fingerprint density at radius 3 is 2.15 bits per heavy atom. The maximum absolute atomic E-state index is 6.39. The second-order valence-electron chi connectivity index (χ2n) is 6.34. The standard InChI is InChI=1S/C17H29N3/c1-14(2)20-11-9-19(10-12-20)13-15(3)17(18)16-7-5-4-6-8-16/h4-8,14-15,17H,9-13,18H2,1-3H3/t15-,17+/m0/s1. The molecule has 1 heterocycles. The van der Waals surface area contributed by atoms with E-state index in [-0.39, 0.29) is 6.04 Å². The molecule has 1 fully saturated rings. The molecular formula is C17H29N3. The Hall–Kier alpha value is -0.900. The molecule has 0 saturated carbocycles. The van der Waals surface area contributed by atoms with Crippen molar-refractivity contribution in [1.29, 1.82) is 0 Å². The first kappa shape index (κ1) is 15.5. The molecule has 1 saturated heterocycles. The number of hydrogen-bond acceptors (Lipinski definition) is 3. The number of benzene rings is 1. The van der Waals surface area contributed by atoms with Gasteiger partial charge in [-0.2, -0.15) is 0 Å². The number of nitrogens with two attached hydrogens (primary N) is 1. The molecule has 2 N–H and O–H groups in total. The SMILES string of the molecule is CC(C)N1CCN(C[C@H](C)[C@@H](N)c2ccccc2)CC1. The Morgan fingerprint density at radius 1 is 1.00 bits per heavy atom. The van der Waals surface area contributed by atoms with Gasteiger partial charge in [0.25, 0.3) is 0 Å². The van der Waals surface area contributed by atoms with E-state index in [1.165, 1.54) is 31.7 Å². The molecule has 20 heavy (non-hydrogen) atoms. The Morgan fingerprint density at radius 2 is 1.60 bits per heavy atom. The Bertz CT molecular complexity index is 382. The normalized spacial score (nSPS) is 21.1. The molecule has 112 valence electrons. The first-order valence-electron chi connectivity index (χ1n) is 7.85. The van der Waals surface area contributed by atoms with Gasteiger partial charge in [0.15, 0.2) is 0 Å². The lowest BCUT2D eigenvalue weighted by Crippen LogP contribution is -2.50. The summed E-state index contributed by atoms with van der Waals surface area (Å²) in [6, 6.07) is 11.3. The summed E-state index contributed by atoms with van der Waals surface area (Å²) in [6.45, 7) is 12.6. The number of hydrogen-bond donors (Lipinski definition) is 1. The summed E-state index contributed by atoms with van der Waals surface area (Å²) in [7, 11) is 0. The van der Waals surface area contributed by atoms with Gasteiger partial charge in [0.2, 0.25) is 0 Å². The Labute approximate surface area is 123 Å². The Balaban J connectivity index is 1.82. The molecule has 2 atom stereocenters. The van der Waals surface area contributed by atoms with Crippen LogP contribution in [0.3, 0.4) is 0 Å². The van der Waals surface area contributed by atoms with Gasteiger partial charge in [0, 0.05) is 44.8 Å². The quantitative estimate of drug-likeness (QED) is 0.895. The van der Waals surface area contributed by atoms with Gasteiger partial charge >= 0.3 is 0 Å². The number of piperazine rings is 1. The van der Waals surface area contributed by atoms with Crippen LogP contribution in [0.25, 0.3) is 0 Å². The molecule has 0 amide bonds. The molecule has 1 aromatic rings. The monoisotopic (exact) mass is 275 g/mol. The molecule has 0 bridgehead atoms. The van der Waals surface area contributed by atoms with Gasteiger partial charge in [-0.15, -0.1) is 0 Å². The minimum atomic E-state index is 0.138. The van der Waals surface area contributed by atoms with Crippen molar-refractivity contribution in [3.8, 4) is 0 Å². The highest BCUT2D eigenvalue weighted by Crippen LogP contribution is 2.20. The van der Waals surface area contributed by atoms with Crippen LogP contribution in [-0.2, 0) is 0 Å². The van der Waals surface area contributed by atoms with E-state index in [0.29, 0.717) is 12.0 Å². The van der Waals surface area contributed by atoms with Crippen molar-refractivity contribution >= 4 is 0 Å². The summed E-state index contributed by atoms with van der Waals surface area (Å²) >= 11 is 0. The van der Waals surface area contributed by atoms with E-state index in [1.807, 2.05) is 6.07 Å². The maximum Gasteiger partial charge on any atom is 0.0333 e. The maximum atomic E-state index is 6.39. The third kappa shape index (κ3) is 4.05. The fourth-order valence-corrected chi connectivity index (χ4v) is 2.99. The van der Waals surface area contributed by atoms with Crippen molar-refractivity contribution < 1.29 is 0 Å². The van der Waals surface area contributed by atoms with Crippen molar-refractivity contribution in [3.05, 3.63) is 35.9 Å². The highest BCUT2D eigenvalue weighted by molar-refractivity contribution is 5.19. The van der Waals surface area contributed by atoms with E-state index in [2.05, 4.69) is 54.8 Å². The van der Waals surface area contributed by atoms with Gasteiger partial charge in [-0.3, -0.25) is 4.90 Å². The van der Waals surface area contributed by atoms with Crippen molar-refractivity contribution in [1.82, 2.24) is 9.80 Å². The van der Waals surface area contributed by atoms with E-state index in [4.69, 9.17) is 5.73 Å². The molecule has 0 aromatic heterocycles. The summed E-state index contributed by atoms with van der Waals surface area (Å²) < 4.78 is 0. The van der Waals surface area contributed by atoms with Gasteiger partial charge in [-0.05, 0) is 25.3 Å². The molecule has 1 aliphatic heterocycles. The van der Waals surface area contributed by atoms with Gasteiger partial charge in [-0.25, -0.2) is 0 Å². The molecule has 3 heteroatoms. The lowest BCUT2D eigenvalue weighted by atomic mass is 9.94. The fourth-order valence-electron chi connectivity index (χ4n) is 2.99. The molecule has 0 spiro atoms. The lowest BCUT2D eigenvalue weighted by molar-refractivity contribution is 0.0954. The van der Waals surface area contributed by atoms with Crippen molar-refractivity contribution in [2.45, 2.75) is 32.9 Å². The van der Waals surface area contributed by atoms with Crippen molar-refractivity contribution in [3.63, 3.8) is 0 Å². The fraction of sp³-hybridized carbons (Fsp3) is 0.647. The third-order valence-electron chi connectivity index (χ3n) is 4.48. The zero-order chi connectivity index (χ0) is 14.5. The van der Waals surface area contributed by atoms with Crippen LogP contribution >= 0.6 is 0 Å². The second kappa shape index (κ2) is 7.21. The molecule has 0 radical (unpaired) electrons. The summed E-state index contributed by atoms with van der Waals surface area (Å²) in [5.74, 6) is 0.489. The average molecular weight is 275 g/mol. The van der Waals surface area contributed by atoms with Crippen LogP contribution < -0.4 is 5.73 Å². The van der Waals surface area contributed by atoms with Crippen LogP contribution in [0, 0.1) is 5.92 Å². The summed E-state index contributed by atoms with van der Waals surface area (Å²) in [6.07, 6.45) is 0. The highest BCUT2D eigenvalue weighted by Gasteiger charge is 2.22. The highest BCUT2D eigenvalue weighted by atomic mass is 15.3. The van der Waals surface area contributed by atoms with Crippen LogP contribution in [0.1, 0.15) is 32.4 Å². The van der Waals surface area contributed by atoms with Crippen LogP contribution in [0.2, 0.25) is 0 Å². The molecule has 1 aromatic carbocycles. The number of rotatable bonds is 5. The van der Waals surface area contributed by atoms with E-state index >= 15 is 0 Å². The number of nitrogens with zero attached hydrogens (tertiary/aromatic N) is 2. The van der Waals surface area contributed by atoms with E-state index in [0.717, 1.165) is 6.54 Å². The first-order valence-corrected chi connectivity index (χ1v) is 7.85. The molecule has 1 aliphatic rings. The first-order chi connectivity index (χ1) is 9.58. The van der Waals surface area contributed by atoms with Crippen LogP contribution in [0.15, 0.2) is 30.3 Å². The minimum Gasteiger partial charge on any atom is -0.324 e. The lowest BCUT2D eigenvalue weighted by Gasteiger charge is -2.38. The topological polar surface area (TPSA) is 32.5 Å². The van der Waals surface area contributed by atoms with E-state index in [1.54, 1.807) is 0 Å². The van der Waals surface area contributed by atoms with Crippen molar-refractivity contribution in [2.75, 3.05) is 32.7 Å². The zero-order valence-electron chi connectivity index (χ0n) is 13.1. The van der Waals surface area contributed by atoms with E-state index < -0.39 is 0 Å². The van der Waals surface area contributed by atoms with Gasteiger partial charge < -0.3 is 10.6 Å². The molecule has 0 aliphatic carbocycles. The van der Waals surface area contributed by atoms with Gasteiger partial charge in [-0.1, -0.05) is 37.3 Å². The zero-order valence-corrected chi connectivity index (χ0v) is 13.1. The predicted molar refractivity (Wildman–Crippen MR) is 85.7 cm³/mol. The van der Waals surface area contributed by atoms with Crippen LogP contribution in [0.4, 0.5) is 0 Å². The van der Waals surface area contributed by atoms with Gasteiger partial charge in [0.05, 0.1) is 0 Å². The van der Waals surface area contributed by atoms with Crippen molar-refractivity contribution in [2.24, 2.45) is 11.7 Å².